The van der Waals surface area contributed by atoms with Gasteiger partial charge >= 0.3 is 12.4 Å². The van der Waals surface area contributed by atoms with Gasteiger partial charge in [0.2, 0.25) is 0 Å². The molecular weight excluding hydrogens is 1140 g/mol. The lowest BCUT2D eigenvalue weighted by molar-refractivity contribution is -0.143. The van der Waals surface area contributed by atoms with Crippen LogP contribution in [0.25, 0.3) is 160 Å². The van der Waals surface area contributed by atoms with Gasteiger partial charge in [-0.2, -0.15) is 26.3 Å². The lowest BCUT2D eigenvalue weighted by Gasteiger charge is -2.28. The summed E-state index contributed by atoms with van der Waals surface area (Å²) in [6.45, 7) is 0. The molecule has 0 aliphatic rings. The first-order valence-electron chi connectivity index (χ1n) is 30.1. The zero-order chi connectivity index (χ0) is 61.0. The predicted molar refractivity (Wildman–Crippen MR) is 359 cm³/mol. The molecule has 18 rings (SSSR count). The summed E-state index contributed by atoms with van der Waals surface area (Å²) in [6.07, 6.45) is -10.3. The normalized spacial score (nSPS) is 12.5. The Morgan fingerprint density at radius 1 is 0.209 bits per heavy atom. The topological polar surface area (TPSA) is 24.6 Å². The average Bonchev–Trinajstić information content (AvgIpc) is 1.60. The predicted octanol–water partition coefficient (Wildman–Crippen LogP) is 22.5. The number of hydrogen-bond donors (Lipinski definition) is 0. The molecule has 5 nitrogen and oxygen atoms in total. The van der Waals surface area contributed by atoms with Gasteiger partial charge in [0.25, 0.3) is 0 Å². The summed E-state index contributed by atoms with van der Waals surface area (Å²) in [6, 6.07) is 92.0. The van der Waals surface area contributed by atoms with Gasteiger partial charge in [0.05, 0.1) is 89.0 Å². The van der Waals surface area contributed by atoms with Crippen LogP contribution >= 0.6 is 0 Å². The van der Waals surface area contributed by atoms with Crippen LogP contribution in [0.1, 0.15) is 11.1 Å². The first-order valence-corrected chi connectivity index (χ1v) is 30.1. The number of alkyl halides is 6. The van der Waals surface area contributed by atoms with E-state index in [1.165, 1.54) is 0 Å². The van der Waals surface area contributed by atoms with Crippen LogP contribution < -0.4 is 0 Å². The highest BCUT2D eigenvalue weighted by Gasteiger charge is 2.39. The van der Waals surface area contributed by atoms with Gasteiger partial charge in [0, 0.05) is 65.1 Å². The molecule has 0 aliphatic heterocycles. The van der Waals surface area contributed by atoms with Gasteiger partial charge in [0.15, 0.2) is 0 Å². The van der Waals surface area contributed by atoms with Crippen molar-refractivity contribution >= 4 is 109 Å². The Morgan fingerprint density at radius 2 is 0.505 bits per heavy atom. The molecule has 0 N–H and O–H groups in total. The molecular formula is C80H47F6N5. The van der Waals surface area contributed by atoms with Crippen LogP contribution in [0, 0.1) is 0 Å². The van der Waals surface area contributed by atoms with Gasteiger partial charge in [-0.15, -0.1) is 0 Å². The van der Waals surface area contributed by atoms with E-state index in [4.69, 9.17) is 0 Å². The Labute approximate surface area is 514 Å². The van der Waals surface area contributed by atoms with E-state index in [-0.39, 0.29) is 17.2 Å². The number of benzene rings is 13. The van der Waals surface area contributed by atoms with Crippen LogP contribution in [-0.2, 0) is 12.4 Å². The Morgan fingerprint density at radius 3 is 0.890 bits per heavy atom. The molecule has 0 atom stereocenters. The molecule has 13 aromatic carbocycles. The van der Waals surface area contributed by atoms with Crippen molar-refractivity contribution in [3.05, 3.63) is 296 Å². The number of halogens is 6. The molecule has 434 valence electrons. The molecule has 0 saturated heterocycles. The molecule has 0 spiro atoms. The van der Waals surface area contributed by atoms with Crippen LogP contribution in [0.15, 0.2) is 285 Å². The monoisotopic (exact) mass is 1190 g/mol. The second-order valence-electron chi connectivity index (χ2n) is 23.4. The Hall–Kier alpha value is -11.6. The molecule has 0 aliphatic carbocycles. The Bertz CT molecular complexity index is 5880. The largest absolute Gasteiger partial charge is 0.416 e. The van der Waals surface area contributed by atoms with Gasteiger partial charge in [-0.25, -0.2) is 0 Å². The van der Waals surface area contributed by atoms with Crippen molar-refractivity contribution in [2.24, 2.45) is 0 Å². The number of hydrogen-bond acceptors (Lipinski definition) is 0. The lowest BCUT2D eigenvalue weighted by Crippen LogP contribution is -2.15. The fourth-order valence-electron chi connectivity index (χ4n) is 14.7. The standard InChI is InChI=1S/C80H47F6N5/c81-79(82,83)51-42-50(43-52(46-51)80(84,85)86)62-47-75(88-66-31-13-4-22-54(66)55-23-5-14-32-67(55)88)77(78(91-70-35-17-8-26-58(70)59-27-9-18-36-71(59)91)76(62)89-68-33-15-6-24-56(68)57-25-7-16-34-69(57)89)90-72-37-19-11-29-61(72)64-45-49(39-41-74(64)90)48-38-40-73-63(44-48)60-28-10-12-30-65(60)87(73)53-20-2-1-3-21-53/h1-47H. The highest BCUT2D eigenvalue weighted by atomic mass is 19.4. The second kappa shape index (κ2) is 19.5. The summed E-state index contributed by atoms with van der Waals surface area (Å²) < 4.78 is 105. The third-order valence-corrected chi connectivity index (χ3v) is 18.5. The van der Waals surface area contributed by atoms with E-state index in [0.29, 0.717) is 33.8 Å². The van der Waals surface area contributed by atoms with Crippen molar-refractivity contribution in [1.82, 2.24) is 22.8 Å². The van der Waals surface area contributed by atoms with Gasteiger partial charge in [-0.3, -0.25) is 0 Å². The van der Waals surface area contributed by atoms with Gasteiger partial charge < -0.3 is 22.8 Å². The summed E-state index contributed by atoms with van der Waals surface area (Å²) >= 11 is 0. The number of aromatic nitrogens is 5. The summed E-state index contributed by atoms with van der Waals surface area (Å²) in [5, 5.41) is 9.38. The zero-order valence-corrected chi connectivity index (χ0v) is 48.1. The summed E-state index contributed by atoms with van der Waals surface area (Å²) in [4.78, 5) is 0. The first kappa shape index (κ1) is 52.6. The van der Waals surface area contributed by atoms with Crippen LogP contribution in [0.5, 0.6) is 0 Å². The van der Waals surface area contributed by atoms with Crippen molar-refractivity contribution in [2.45, 2.75) is 12.4 Å². The summed E-state index contributed by atoms with van der Waals surface area (Å²) in [7, 11) is 0. The molecule has 0 saturated carbocycles. The molecule has 18 aromatic rings. The Balaban J connectivity index is 1.06. The van der Waals surface area contributed by atoms with E-state index in [1.54, 1.807) is 0 Å². The zero-order valence-electron chi connectivity index (χ0n) is 48.1. The number of rotatable bonds is 7. The third-order valence-electron chi connectivity index (χ3n) is 18.5. The van der Waals surface area contributed by atoms with Gasteiger partial charge in [0.1, 0.15) is 0 Å². The van der Waals surface area contributed by atoms with Crippen molar-refractivity contribution in [1.29, 1.82) is 0 Å². The van der Waals surface area contributed by atoms with E-state index in [9.17, 15) is 0 Å². The molecule has 0 radical (unpaired) electrons. The maximum Gasteiger partial charge on any atom is 0.416 e. The second-order valence-corrected chi connectivity index (χ2v) is 23.4. The van der Waals surface area contributed by atoms with Gasteiger partial charge in [-0.05, 0) is 126 Å². The smallest absolute Gasteiger partial charge is 0.309 e. The highest BCUT2D eigenvalue weighted by Crippen LogP contribution is 2.52. The average molecular weight is 1190 g/mol. The van der Waals surface area contributed by atoms with Gasteiger partial charge in [-0.1, -0.05) is 176 Å². The number of nitrogens with zero attached hydrogens (tertiary/aromatic N) is 5. The molecule has 5 heterocycles. The molecule has 11 heteroatoms. The fourth-order valence-corrected chi connectivity index (χ4v) is 14.7. The van der Waals surface area contributed by atoms with E-state index in [1.807, 2.05) is 146 Å². The number of para-hydroxylation sites is 9. The van der Waals surface area contributed by atoms with E-state index in [2.05, 4.69) is 144 Å². The van der Waals surface area contributed by atoms with Crippen LogP contribution in [0.3, 0.4) is 0 Å². The van der Waals surface area contributed by atoms with E-state index in [0.717, 1.165) is 127 Å². The van der Waals surface area contributed by atoms with Crippen molar-refractivity contribution < 1.29 is 26.3 Å². The SMILES string of the molecule is FC(F)(F)c1cc(-c2cc(-n3c4ccccc4c4ccccc43)c(-n3c4ccccc4c4cc(-c5ccc6c(c5)c5ccccc5n6-c5ccccc5)ccc43)c(-n3c4ccccc4c4ccccc43)c2-n2c3ccccc3c3ccccc32)cc(C(F)(F)F)c1. The third kappa shape index (κ3) is 7.80. The molecule has 0 bridgehead atoms. The molecule has 0 fully saturated rings. The summed E-state index contributed by atoms with van der Waals surface area (Å²) in [5.41, 5.74) is 10.3. The minimum atomic E-state index is -5.16. The van der Waals surface area contributed by atoms with Crippen molar-refractivity contribution in [3.63, 3.8) is 0 Å². The Kier molecular flexibility index (Phi) is 11.2. The summed E-state index contributed by atoms with van der Waals surface area (Å²) in [5.74, 6) is 0. The lowest BCUT2D eigenvalue weighted by atomic mass is 9.94. The minimum Gasteiger partial charge on any atom is -0.309 e. The maximum atomic E-state index is 15.6. The molecule has 91 heavy (non-hydrogen) atoms. The van der Waals surface area contributed by atoms with E-state index < -0.39 is 23.5 Å². The minimum absolute atomic E-state index is 0.132. The maximum absolute atomic E-state index is 15.6. The quantitative estimate of drug-likeness (QED) is 0.142. The van der Waals surface area contributed by atoms with Crippen LogP contribution in [0.2, 0.25) is 0 Å². The van der Waals surface area contributed by atoms with Crippen molar-refractivity contribution in [2.75, 3.05) is 0 Å². The molecule has 5 aromatic heterocycles. The fraction of sp³-hybridized carbons (Fsp3) is 0.0250. The van der Waals surface area contributed by atoms with Crippen molar-refractivity contribution in [3.8, 4) is 50.7 Å². The molecule has 0 amide bonds. The first-order chi connectivity index (χ1) is 44.5. The van der Waals surface area contributed by atoms with Crippen LogP contribution in [0.4, 0.5) is 26.3 Å². The molecule has 0 unspecified atom stereocenters. The highest BCUT2D eigenvalue weighted by molar-refractivity contribution is 6.18. The van der Waals surface area contributed by atoms with Crippen LogP contribution in [-0.4, -0.2) is 22.8 Å². The van der Waals surface area contributed by atoms with E-state index >= 15 is 26.3 Å². The number of fused-ring (bicyclic) bond motifs is 15.